The van der Waals surface area contributed by atoms with Gasteiger partial charge in [0.25, 0.3) is 0 Å². The minimum absolute atomic E-state index is 0.0438. The highest BCUT2D eigenvalue weighted by molar-refractivity contribution is 7.19. The molecule has 0 aliphatic rings. The molecule has 0 spiro atoms. The lowest BCUT2D eigenvalue weighted by Gasteiger charge is -2.39. The Labute approximate surface area is 179 Å². The van der Waals surface area contributed by atoms with Gasteiger partial charge in [0.1, 0.15) is 0 Å². The van der Waals surface area contributed by atoms with Crippen LogP contribution in [0.2, 0.25) is 0 Å². The topological polar surface area (TPSA) is 9.23 Å². The van der Waals surface area contributed by atoms with E-state index >= 15 is 0 Å². The Hall–Kier alpha value is -1.89. The van der Waals surface area contributed by atoms with Crippen LogP contribution in [0.5, 0.6) is 0 Å². The molecule has 0 bridgehead atoms. The molecule has 0 saturated heterocycles. The van der Waals surface area contributed by atoms with E-state index in [0.29, 0.717) is 0 Å². The van der Waals surface area contributed by atoms with Gasteiger partial charge in [-0.15, -0.1) is 9.24 Å². The second-order valence-electron chi connectivity index (χ2n) is 9.04. The molecule has 0 aliphatic heterocycles. The molecule has 0 aromatic heterocycles. The fourth-order valence-electron chi connectivity index (χ4n) is 2.91. The first-order valence-corrected chi connectivity index (χ1v) is 10.7. The van der Waals surface area contributed by atoms with Crippen molar-refractivity contribution < 1.29 is 4.65 Å². The van der Waals surface area contributed by atoms with E-state index in [1.165, 1.54) is 33.4 Å². The predicted octanol–water partition coefficient (Wildman–Crippen LogP) is 6.33. The molecule has 1 atom stereocenters. The third-order valence-corrected chi connectivity index (χ3v) is 6.46. The standard InChI is InChI=1S/C26H31BOP/c1-18-7-11-20(12-8-18)22-15-23(21-13-9-19(2)10-14-21)17-24(16-22)27-28-25(3,4)26(5,6)29/h7-17H,29H2,1-6H3. The van der Waals surface area contributed by atoms with E-state index < -0.39 is 0 Å². The highest BCUT2D eigenvalue weighted by atomic mass is 31.0. The second-order valence-corrected chi connectivity index (χ2v) is 10.5. The molecule has 3 heteroatoms. The molecule has 3 aromatic rings. The van der Waals surface area contributed by atoms with E-state index in [9.17, 15) is 0 Å². The van der Waals surface area contributed by atoms with Crippen molar-refractivity contribution in [2.24, 2.45) is 0 Å². The molecular weight excluding hydrogens is 370 g/mol. The van der Waals surface area contributed by atoms with E-state index in [1.807, 2.05) is 7.48 Å². The molecule has 149 valence electrons. The van der Waals surface area contributed by atoms with Crippen LogP contribution in [0.4, 0.5) is 0 Å². The van der Waals surface area contributed by atoms with Crippen LogP contribution in [0.15, 0.2) is 66.7 Å². The van der Waals surface area contributed by atoms with Gasteiger partial charge < -0.3 is 4.65 Å². The lowest BCUT2D eigenvalue weighted by Crippen LogP contribution is -2.45. The zero-order valence-corrected chi connectivity index (χ0v) is 19.6. The van der Waals surface area contributed by atoms with Gasteiger partial charge in [-0.3, -0.25) is 0 Å². The maximum absolute atomic E-state index is 6.25. The predicted molar refractivity (Wildman–Crippen MR) is 131 cm³/mol. The Kier molecular flexibility index (Phi) is 6.37. The summed E-state index contributed by atoms with van der Waals surface area (Å²) in [6.45, 7) is 12.8. The van der Waals surface area contributed by atoms with E-state index in [1.54, 1.807) is 0 Å². The third kappa shape index (κ3) is 5.38. The quantitative estimate of drug-likeness (QED) is 0.346. The molecule has 1 radical (unpaired) electrons. The average Bonchev–Trinajstić information content (AvgIpc) is 2.66. The normalized spacial score (nSPS) is 12.1. The molecule has 0 fully saturated rings. The summed E-state index contributed by atoms with van der Waals surface area (Å²) in [6, 6.07) is 24.0. The summed E-state index contributed by atoms with van der Waals surface area (Å²) in [7, 11) is 4.80. The van der Waals surface area contributed by atoms with Crippen molar-refractivity contribution in [3.05, 3.63) is 77.9 Å². The molecule has 0 amide bonds. The van der Waals surface area contributed by atoms with Crippen molar-refractivity contribution >= 4 is 22.2 Å². The first-order valence-electron chi connectivity index (χ1n) is 10.1. The number of hydrogen-bond donors (Lipinski definition) is 0. The van der Waals surface area contributed by atoms with Gasteiger partial charge in [-0.25, -0.2) is 0 Å². The van der Waals surface area contributed by atoms with Crippen LogP contribution in [-0.2, 0) is 4.65 Å². The van der Waals surface area contributed by atoms with Crippen molar-refractivity contribution in [2.75, 3.05) is 0 Å². The van der Waals surface area contributed by atoms with E-state index in [4.69, 9.17) is 4.65 Å². The Morgan fingerprint density at radius 3 is 1.45 bits per heavy atom. The number of hydrogen-bond acceptors (Lipinski definition) is 1. The van der Waals surface area contributed by atoms with Gasteiger partial charge in [0, 0.05) is 5.16 Å². The molecule has 0 heterocycles. The summed E-state index contributed by atoms with van der Waals surface area (Å²) in [4.78, 5) is 0. The van der Waals surface area contributed by atoms with Crippen LogP contribution >= 0.6 is 9.24 Å². The Bertz CT molecular complexity index is 903. The molecule has 0 saturated carbocycles. The van der Waals surface area contributed by atoms with Crippen molar-refractivity contribution in [3.8, 4) is 22.3 Å². The highest BCUT2D eigenvalue weighted by Crippen LogP contribution is 2.33. The van der Waals surface area contributed by atoms with Gasteiger partial charge in [-0.1, -0.05) is 91.1 Å². The molecule has 1 nitrogen and oxygen atoms in total. The summed E-state index contributed by atoms with van der Waals surface area (Å²) in [5, 5.41) is -0.0438. The zero-order chi connectivity index (χ0) is 21.2. The number of aryl methyl sites for hydroxylation is 2. The van der Waals surface area contributed by atoms with E-state index in [2.05, 4.69) is 118 Å². The van der Waals surface area contributed by atoms with Gasteiger partial charge in [-0.2, -0.15) is 0 Å². The van der Waals surface area contributed by atoms with Crippen LogP contribution < -0.4 is 5.46 Å². The maximum atomic E-state index is 6.25. The molecule has 1 unspecified atom stereocenters. The largest absolute Gasteiger partial charge is 0.429 e. The first-order chi connectivity index (χ1) is 13.5. The minimum atomic E-state index is -0.304. The Morgan fingerprint density at radius 2 is 1.07 bits per heavy atom. The summed E-state index contributed by atoms with van der Waals surface area (Å²) in [5.74, 6) is 0. The van der Waals surface area contributed by atoms with Crippen LogP contribution in [0, 0.1) is 13.8 Å². The van der Waals surface area contributed by atoms with Gasteiger partial charge in [0.15, 0.2) is 0 Å². The van der Waals surface area contributed by atoms with Gasteiger partial charge in [-0.05, 0) is 56.0 Å². The molecule has 0 N–H and O–H groups in total. The summed E-state index contributed by atoms with van der Waals surface area (Å²) in [6.07, 6.45) is 0. The zero-order valence-electron chi connectivity index (χ0n) is 18.4. The SMILES string of the molecule is Cc1ccc(-c2cc([B]OC(C)(C)C(C)(C)P)cc(-c3ccc(C)cc3)c2)cc1. The monoisotopic (exact) mass is 401 g/mol. The first kappa shape index (κ1) is 21.8. The van der Waals surface area contributed by atoms with Crippen molar-refractivity contribution in [3.63, 3.8) is 0 Å². The maximum Gasteiger partial charge on any atom is 0.330 e. The molecule has 3 aromatic carbocycles. The summed E-state index contributed by atoms with van der Waals surface area (Å²) in [5.41, 5.74) is 8.12. The molecule has 0 aliphatic carbocycles. The van der Waals surface area contributed by atoms with Crippen LogP contribution in [0.25, 0.3) is 22.3 Å². The Balaban J connectivity index is 2.00. The van der Waals surface area contributed by atoms with Crippen LogP contribution in [0.1, 0.15) is 38.8 Å². The van der Waals surface area contributed by atoms with Crippen molar-refractivity contribution in [1.29, 1.82) is 0 Å². The number of benzene rings is 3. The summed E-state index contributed by atoms with van der Waals surface area (Å²) >= 11 is 0. The smallest absolute Gasteiger partial charge is 0.330 e. The van der Waals surface area contributed by atoms with E-state index in [0.717, 1.165) is 5.46 Å². The lowest BCUT2D eigenvalue weighted by molar-refractivity contribution is 0.0841. The van der Waals surface area contributed by atoms with Crippen molar-refractivity contribution in [1.82, 2.24) is 0 Å². The third-order valence-electron chi connectivity index (χ3n) is 5.77. The lowest BCUT2D eigenvalue weighted by atomic mass is 9.81. The fraction of sp³-hybridized carbons (Fsp3) is 0.308. The van der Waals surface area contributed by atoms with Gasteiger partial charge in [0.2, 0.25) is 0 Å². The molecule has 3 rings (SSSR count). The van der Waals surface area contributed by atoms with Crippen LogP contribution in [-0.4, -0.2) is 18.2 Å². The van der Waals surface area contributed by atoms with E-state index in [-0.39, 0.29) is 10.8 Å². The highest BCUT2D eigenvalue weighted by Gasteiger charge is 2.33. The van der Waals surface area contributed by atoms with Crippen LogP contribution in [0.3, 0.4) is 0 Å². The average molecular weight is 401 g/mol. The minimum Gasteiger partial charge on any atom is -0.429 e. The molecular formula is C26H31BOP. The summed E-state index contributed by atoms with van der Waals surface area (Å²) < 4.78 is 6.25. The second kappa shape index (κ2) is 8.46. The van der Waals surface area contributed by atoms with Gasteiger partial charge >= 0.3 is 7.48 Å². The molecule has 29 heavy (non-hydrogen) atoms. The Morgan fingerprint density at radius 1 is 0.655 bits per heavy atom. The van der Waals surface area contributed by atoms with Gasteiger partial charge in [0.05, 0.1) is 5.60 Å². The number of rotatable bonds is 6. The fourth-order valence-corrected chi connectivity index (χ4v) is 2.98. The van der Waals surface area contributed by atoms with Crippen molar-refractivity contribution in [2.45, 2.75) is 52.3 Å².